The second-order valence-corrected chi connectivity index (χ2v) is 4.91. The summed E-state index contributed by atoms with van der Waals surface area (Å²) in [5, 5.41) is 21.2. The smallest absolute Gasteiger partial charge is 0.310 e. The molecule has 0 saturated heterocycles. The van der Waals surface area contributed by atoms with Crippen LogP contribution in [0.25, 0.3) is 0 Å². The van der Waals surface area contributed by atoms with Crippen LogP contribution in [0.1, 0.15) is 25.7 Å². The average molecular weight is 251 g/mol. The number of rotatable bonds is 4. The van der Waals surface area contributed by atoms with Crippen molar-refractivity contribution in [3.8, 4) is 0 Å². The SMILES string of the molecule is CN(CC1(O)CCCC1)c1ccncc1[N+](=O)[O-]. The first kappa shape index (κ1) is 12.8. The number of nitrogens with zero attached hydrogens (tertiary/aromatic N) is 3. The van der Waals surface area contributed by atoms with E-state index in [-0.39, 0.29) is 5.69 Å². The molecule has 1 saturated carbocycles. The second kappa shape index (κ2) is 4.89. The average Bonchev–Trinajstić information content (AvgIpc) is 2.75. The van der Waals surface area contributed by atoms with Gasteiger partial charge in [0.15, 0.2) is 0 Å². The largest absolute Gasteiger partial charge is 0.388 e. The Morgan fingerprint density at radius 1 is 1.56 bits per heavy atom. The van der Waals surface area contributed by atoms with Crippen LogP contribution in [0.5, 0.6) is 0 Å². The highest BCUT2D eigenvalue weighted by molar-refractivity contribution is 5.61. The fourth-order valence-corrected chi connectivity index (χ4v) is 2.56. The third kappa shape index (κ3) is 2.59. The topological polar surface area (TPSA) is 79.5 Å². The van der Waals surface area contributed by atoms with Crippen LogP contribution < -0.4 is 4.90 Å². The number of pyridine rings is 1. The van der Waals surface area contributed by atoms with Crippen molar-refractivity contribution in [2.75, 3.05) is 18.5 Å². The van der Waals surface area contributed by atoms with Crippen LogP contribution in [0.3, 0.4) is 0 Å². The molecule has 1 fully saturated rings. The lowest BCUT2D eigenvalue weighted by molar-refractivity contribution is -0.384. The molecule has 6 nitrogen and oxygen atoms in total. The highest BCUT2D eigenvalue weighted by Crippen LogP contribution is 2.33. The van der Waals surface area contributed by atoms with E-state index >= 15 is 0 Å². The van der Waals surface area contributed by atoms with E-state index < -0.39 is 10.5 Å². The van der Waals surface area contributed by atoms with Gasteiger partial charge < -0.3 is 10.0 Å². The van der Waals surface area contributed by atoms with Gasteiger partial charge >= 0.3 is 5.69 Å². The molecule has 0 amide bonds. The molecule has 1 aromatic heterocycles. The lowest BCUT2D eigenvalue weighted by atomic mass is 10.0. The first-order chi connectivity index (χ1) is 8.52. The molecular formula is C12H17N3O3. The minimum atomic E-state index is -0.716. The van der Waals surface area contributed by atoms with Crippen molar-refractivity contribution in [3.05, 3.63) is 28.6 Å². The molecule has 0 atom stereocenters. The maximum absolute atomic E-state index is 10.9. The first-order valence-corrected chi connectivity index (χ1v) is 6.04. The fourth-order valence-electron chi connectivity index (χ4n) is 2.56. The molecule has 98 valence electrons. The summed E-state index contributed by atoms with van der Waals surface area (Å²) in [5.74, 6) is 0. The molecule has 1 aliphatic rings. The predicted molar refractivity (Wildman–Crippen MR) is 67.6 cm³/mol. The van der Waals surface area contributed by atoms with Crippen LogP contribution in [0, 0.1) is 10.1 Å². The van der Waals surface area contributed by atoms with Gasteiger partial charge in [0.2, 0.25) is 0 Å². The maximum Gasteiger partial charge on any atom is 0.310 e. The zero-order valence-corrected chi connectivity index (χ0v) is 10.4. The standard InChI is InChI=1S/C12H17N3O3/c1-14(9-12(16)5-2-3-6-12)10-4-7-13-8-11(10)15(17)18/h4,7-8,16H,2-3,5-6,9H2,1H3. The van der Waals surface area contributed by atoms with Gasteiger partial charge in [0.1, 0.15) is 11.9 Å². The Hall–Kier alpha value is -1.69. The molecule has 1 aromatic rings. The summed E-state index contributed by atoms with van der Waals surface area (Å²) in [6.07, 6.45) is 6.32. The summed E-state index contributed by atoms with van der Waals surface area (Å²) in [4.78, 5) is 16.0. The highest BCUT2D eigenvalue weighted by atomic mass is 16.6. The minimum absolute atomic E-state index is 0.0263. The Bertz CT molecular complexity index is 444. The summed E-state index contributed by atoms with van der Waals surface area (Å²) < 4.78 is 0. The molecule has 0 aromatic carbocycles. The lowest BCUT2D eigenvalue weighted by Gasteiger charge is -2.29. The van der Waals surface area contributed by atoms with Crippen molar-refractivity contribution in [3.63, 3.8) is 0 Å². The van der Waals surface area contributed by atoms with Gasteiger partial charge in [0, 0.05) is 19.8 Å². The third-order valence-electron chi connectivity index (χ3n) is 3.45. The van der Waals surface area contributed by atoms with Gasteiger partial charge in [-0.15, -0.1) is 0 Å². The summed E-state index contributed by atoms with van der Waals surface area (Å²) in [6, 6.07) is 1.61. The molecule has 0 aliphatic heterocycles. The number of aromatic nitrogens is 1. The summed E-state index contributed by atoms with van der Waals surface area (Å²) in [7, 11) is 1.76. The molecule has 6 heteroatoms. The number of hydrogen-bond donors (Lipinski definition) is 1. The Morgan fingerprint density at radius 2 is 2.22 bits per heavy atom. The van der Waals surface area contributed by atoms with Crippen molar-refractivity contribution >= 4 is 11.4 Å². The van der Waals surface area contributed by atoms with E-state index in [0.717, 1.165) is 25.7 Å². The van der Waals surface area contributed by atoms with E-state index in [4.69, 9.17) is 0 Å². The minimum Gasteiger partial charge on any atom is -0.388 e. The van der Waals surface area contributed by atoms with Crippen molar-refractivity contribution < 1.29 is 10.0 Å². The number of aliphatic hydroxyl groups is 1. The second-order valence-electron chi connectivity index (χ2n) is 4.91. The number of likely N-dealkylation sites (N-methyl/N-ethyl adjacent to an activating group) is 1. The summed E-state index contributed by atoms with van der Waals surface area (Å²) in [6.45, 7) is 0.415. The first-order valence-electron chi connectivity index (χ1n) is 6.04. The summed E-state index contributed by atoms with van der Waals surface area (Å²) in [5.41, 5.74) is -0.247. The van der Waals surface area contributed by atoms with Crippen LogP contribution in [-0.4, -0.2) is 34.2 Å². The van der Waals surface area contributed by atoms with Gasteiger partial charge in [-0.25, -0.2) is 0 Å². The van der Waals surface area contributed by atoms with E-state index in [1.165, 1.54) is 12.4 Å². The van der Waals surface area contributed by atoms with Crippen molar-refractivity contribution in [1.29, 1.82) is 0 Å². The van der Waals surface area contributed by atoms with Crippen LogP contribution in [0.4, 0.5) is 11.4 Å². The van der Waals surface area contributed by atoms with Crippen molar-refractivity contribution in [2.45, 2.75) is 31.3 Å². The Kier molecular flexibility index (Phi) is 3.47. The molecule has 0 bridgehead atoms. The van der Waals surface area contributed by atoms with E-state index in [2.05, 4.69) is 4.98 Å². The van der Waals surface area contributed by atoms with Crippen LogP contribution in [-0.2, 0) is 0 Å². The Balaban J connectivity index is 2.18. The monoisotopic (exact) mass is 251 g/mol. The highest BCUT2D eigenvalue weighted by Gasteiger charge is 2.33. The van der Waals surface area contributed by atoms with E-state index in [1.54, 1.807) is 18.0 Å². The van der Waals surface area contributed by atoms with Gasteiger partial charge in [-0.3, -0.25) is 15.1 Å². The van der Waals surface area contributed by atoms with Gasteiger partial charge in [0.05, 0.1) is 10.5 Å². The van der Waals surface area contributed by atoms with Crippen LogP contribution in [0.2, 0.25) is 0 Å². The zero-order valence-electron chi connectivity index (χ0n) is 10.4. The van der Waals surface area contributed by atoms with Crippen molar-refractivity contribution in [2.24, 2.45) is 0 Å². The fraction of sp³-hybridized carbons (Fsp3) is 0.583. The normalized spacial score (nSPS) is 17.7. The number of anilines is 1. The van der Waals surface area contributed by atoms with Crippen molar-refractivity contribution in [1.82, 2.24) is 4.98 Å². The Morgan fingerprint density at radius 3 is 2.83 bits per heavy atom. The summed E-state index contributed by atoms with van der Waals surface area (Å²) >= 11 is 0. The molecule has 2 rings (SSSR count). The van der Waals surface area contributed by atoms with E-state index in [9.17, 15) is 15.2 Å². The van der Waals surface area contributed by atoms with Crippen LogP contribution in [0.15, 0.2) is 18.5 Å². The van der Waals surface area contributed by atoms with Gasteiger partial charge in [0.25, 0.3) is 0 Å². The molecule has 0 unspecified atom stereocenters. The molecule has 1 N–H and O–H groups in total. The molecule has 0 spiro atoms. The maximum atomic E-state index is 10.9. The van der Waals surface area contributed by atoms with Gasteiger partial charge in [-0.05, 0) is 18.9 Å². The zero-order chi connectivity index (χ0) is 13.2. The third-order valence-corrected chi connectivity index (χ3v) is 3.45. The number of nitro groups is 1. The molecule has 1 aliphatic carbocycles. The Labute approximate surface area is 105 Å². The number of hydrogen-bond acceptors (Lipinski definition) is 5. The molecule has 18 heavy (non-hydrogen) atoms. The lowest BCUT2D eigenvalue weighted by Crippen LogP contribution is -2.39. The van der Waals surface area contributed by atoms with Crippen LogP contribution >= 0.6 is 0 Å². The quantitative estimate of drug-likeness (QED) is 0.651. The molecule has 1 heterocycles. The van der Waals surface area contributed by atoms with Gasteiger partial charge in [-0.2, -0.15) is 0 Å². The molecule has 0 radical (unpaired) electrons. The van der Waals surface area contributed by atoms with Gasteiger partial charge in [-0.1, -0.05) is 12.8 Å². The molecular weight excluding hydrogens is 234 g/mol. The van der Waals surface area contributed by atoms with E-state index in [0.29, 0.717) is 12.2 Å². The predicted octanol–water partition coefficient (Wildman–Crippen LogP) is 1.73. The van der Waals surface area contributed by atoms with E-state index in [1.807, 2.05) is 0 Å².